The van der Waals surface area contributed by atoms with Crippen LogP contribution < -0.4 is 21.0 Å². The van der Waals surface area contributed by atoms with Gasteiger partial charge in [-0.05, 0) is 36.2 Å². The molecule has 0 aliphatic carbocycles. The van der Waals surface area contributed by atoms with Gasteiger partial charge in [-0.15, -0.1) is 10.2 Å². The molecule has 4 rings (SSSR count). The van der Waals surface area contributed by atoms with Crippen LogP contribution in [0.25, 0.3) is 11.4 Å². The van der Waals surface area contributed by atoms with Gasteiger partial charge in [0.25, 0.3) is 0 Å². The lowest BCUT2D eigenvalue weighted by Crippen LogP contribution is -2.44. The molecule has 1 saturated heterocycles. The van der Waals surface area contributed by atoms with Gasteiger partial charge in [-0.25, -0.2) is 9.99 Å². The van der Waals surface area contributed by atoms with Crippen molar-refractivity contribution in [2.45, 2.75) is 20.4 Å². The summed E-state index contributed by atoms with van der Waals surface area (Å²) in [5.74, 6) is 2.22. The molecule has 0 atom stereocenters. The molecule has 0 spiro atoms. The van der Waals surface area contributed by atoms with E-state index in [-0.39, 0.29) is 0 Å². The Kier molecular flexibility index (Phi) is 7.14. The average Bonchev–Trinajstić information content (AvgIpc) is 2.85. The first kappa shape index (κ1) is 22.0. The molecule has 1 aliphatic heterocycles. The Labute approximate surface area is 190 Å². The van der Waals surface area contributed by atoms with Crippen molar-refractivity contribution in [2.75, 3.05) is 55.4 Å². The summed E-state index contributed by atoms with van der Waals surface area (Å²) in [5, 5.41) is 17.9. The van der Waals surface area contributed by atoms with Crippen LogP contribution in [-0.4, -0.2) is 60.0 Å². The second kappa shape index (κ2) is 10.4. The fourth-order valence-electron chi connectivity index (χ4n) is 3.65. The zero-order valence-corrected chi connectivity index (χ0v) is 19.1. The fourth-order valence-corrected chi connectivity index (χ4v) is 3.65. The summed E-state index contributed by atoms with van der Waals surface area (Å²) in [6.07, 6.45) is 0. The number of nitrogens with one attached hydrogen (secondary N) is 3. The highest BCUT2D eigenvalue weighted by molar-refractivity contribution is 5.68. The first-order chi connectivity index (χ1) is 15.6. The third kappa shape index (κ3) is 5.33. The molecule has 1 aliphatic rings. The summed E-state index contributed by atoms with van der Waals surface area (Å²) < 4.78 is 0. The second-order valence-corrected chi connectivity index (χ2v) is 8.04. The molecule has 1 fully saturated rings. The van der Waals surface area contributed by atoms with Crippen LogP contribution in [0.15, 0.2) is 48.5 Å². The van der Waals surface area contributed by atoms with Gasteiger partial charge in [0, 0.05) is 51.9 Å². The van der Waals surface area contributed by atoms with Crippen molar-refractivity contribution >= 4 is 17.3 Å². The SMILES string of the molecule is CCN(C)Nc1ccc(-c2nnc(NCc3ccccc3)c(N3CCNCC3)n2)cc1C. The lowest BCUT2D eigenvalue weighted by molar-refractivity contribution is 0.425. The standard InChI is InChI=1S/C24H32N8/c1-4-31(3)30-21-11-10-20(16-18(21)2)22-27-24(32-14-12-25-13-15-32)23(29-28-22)26-17-19-8-6-5-7-9-19/h5-11,16,25,30H,4,12-15,17H2,1-3H3,(H,26,29). The van der Waals surface area contributed by atoms with Crippen molar-refractivity contribution in [1.29, 1.82) is 0 Å². The number of aryl methyl sites for hydroxylation is 1. The van der Waals surface area contributed by atoms with Crippen molar-refractivity contribution in [3.63, 3.8) is 0 Å². The van der Waals surface area contributed by atoms with Crippen LogP contribution in [0.5, 0.6) is 0 Å². The van der Waals surface area contributed by atoms with Crippen LogP contribution in [0.2, 0.25) is 0 Å². The van der Waals surface area contributed by atoms with Gasteiger partial charge < -0.3 is 21.0 Å². The number of aromatic nitrogens is 3. The first-order valence-corrected chi connectivity index (χ1v) is 11.2. The number of hydrogen-bond donors (Lipinski definition) is 3. The van der Waals surface area contributed by atoms with E-state index in [1.807, 2.05) is 25.2 Å². The van der Waals surface area contributed by atoms with E-state index < -0.39 is 0 Å². The molecule has 0 amide bonds. The molecule has 32 heavy (non-hydrogen) atoms. The summed E-state index contributed by atoms with van der Waals surface area (Å²) in [6, 6.07) is 16.5. The topological polar surface area (TPSA) is 81.2 Å². The molecule has 2 heterocycles. The largest absolute Gasteiger partial charge is 0.361 e. The van der Waals surface area contributed by atoms with E-state index >= 15 is 0 Å². The van der Waals surface area contributed by atoms with E-state index in [0.717, 1.165) is 61.2 Å². The molecule has 2 aromatic carbocycles. The molecule has 0 bridgehead atoms. The number of hydrogen-bond acceptors (Lipinski definition) is 8. The van der Waals surface area contributed by atoms with Gasteiger partial charge in [0.15, 0.2) is 17.5 Å². The maximum Gasteiger partial charge on any atom is 0.192 e. The Bertz CT molecular complexity index is 1020. The Balaban J connectivity index is 1.61. The Morgan fingerprint density at radius 1 is 1.06 bits per heavy atom. The van der Waals surface area contributed by atoms with Crippen LogP contribution in [0.3, 0.4) is 0 Å². The minimum atomic E-state index is 0.641. The van der Waals surface area contributed by atoms with Gasteiger partial charge in [0.05, 0.1) is 5.69 Å². The van der Waals surface area contributed by atoms with Gasteiger partial charge in [0.2, 0.25) is 0 Å². The number of rotatable bonds is 8. The molecule has 3 N–H and O–H groups in total. The number of nitrogens with zero attached hydrogens (tertiary/aromatic N) is 5. The Morgan fingerprint density at radius 2 is 1.84 bits per heavy atom. The average molecular weight is 433 g/mol. The third-order valence-electron chi connectivity index (χ3n) is 5.66. The monoisotopic (exact) mass is 432 g/mol. The zero-order chi connectivity index (χ0) is 22.3. The molecule has 0 radical (unpaired) electrons. The molecule has 3 aromatic rings. The van der Waals surface area contributed by atoms with E-state index in [0.29, 0.717) is 12.4 Å². The van der Waals surface area contributed by atoms with Gasteiger partial charge in [-0.3, -0.25) is 0 Å². The lowest BCUT2D eigenvalue weighted by atomic mass is 10.1. The van der Waals surface area contributed by atoms with Crippen LogP contribution in [-0.2, 0) is 6.54 Å². The zero-order valence-electron chi connectivity index (χ0n) is 19.1. The Hall–Kier alpha value is -3.23. The number of anilines is 3. The minimum Gasteiger partial charge on any atom is -0.361 e. The quantitative estimate of drug-likeness (QED) is 0.469. The highest BCUT2D eigenvalue weighted by atomic mass is 15.5. The van der Waals surface area contributed by atoms with E-state index in [4.69, 9.17) is 4.98 Å². The summed E-state index contributed by atoms with van der Waals surface area (Å²) >= 11 is 0. The van der Waals surface area contributed by atoms with Gasteiger partial charge >= 0.3 is 0 Å². The van der Waals surface area contributed by atoms with E-state index in [1.165, 1.54) is 5.56 Å². The van der Waals surface area contributed by atoms with Crippen molar-refractivity contribution in [3.05, 3.63) is 59.7 Å². The van der Waals surface area contributed by atoms with Crippen LogP contribution in [0.1, 0.15) is 18.1 Å². The Morgan fingerprint density at radius 3 is 2.56 bits per heavy atom. The van der Waals surface area contributed by atoms with Crippen molar-refractivity contribution < 1.29 is 0 Å². The highest BCUT2D eigenvalue weighted by Crippen LogP contribution is 2.27. The van der Waals surface area contributed by atoms with Crippen LogP contribution in [0, 0.1) is 6.92 Å². The van der Waals surface area contributed by atoms with Crippen LogP contribution in [0.4, 0.5) is 17.3 Å². The number of benzene rings is 2. The summed E-state index contributed by atoms with van der Waals surface area (Å²) in [5.41, 5.74) is 7.77. The predicted octanol–water partition coefficient (Wildman–Crippen LogP) is 3.15. The predicted molar refractivity (Wildman–Crippen MR) is 131 cm³/mol. The second-order valence-electron chi connectivity index (χ2n) is 8.04. The van der Waals surface area contributed by atoms with E-state index in [1.54, 1.807) is 0 Å². The molecule has 0 saturated carbocycles. The first-order valence-electron chi connectivity index (χ1n) is 11.2. The third-order valence-corrected chi connectivity index (χ3v) is 5.66. The molecule has 1 aromatic heterocycles. The molecular weight excluding hydrogens is 400 g/mol. The molecule has 168 valence electrons. The fraction of sp³-hybridized carbons (Fsp3) is 0.375. The molecule has 0 unspecified atom stereocenters. The molecule has 8 heteroatoms. The van der Waals surface area contributed by atoms with Crippen molar-refractivity contribution in [3.8, 4) is 11.4 Å². The van der Waals surface area contributed by atoms with E-state index in [9.17, 15) is 0 Å². The minimum absolute atomic E-state index is 0.641. The number of piperazine rings is 1. The van der Waals surface area contributed by atoms with Gasteiger partial charge in [-0.1, -0.05) is 37.3 Å². The normalized spacial score (nSPS) is 13.9. The summed E-state index contributed by atoms with van der Waals surface area (Å²) in [7, 11) is 2.03. The van der Waals surface area contributed by atoms with Crippen molar-refractivity contribution in [2.24, 2.45) is 0 Å². The smallest absolute Gasteiger partial charge is 0.192 e. The lowest BCUT2D eigenvalue weighted by Gasteiger charge is -2.29. The van der Waals surface area contributed by atoms with Crippen molar-refractivity contribution in [1.82, 2.24) is 25.5 Å². The molecule has 8 nitrogen and oxygen atoms in total. The summed E-state index contributed by atoms with van der Waals surface area (Å²) in [6.45, 7) is 9.45. The number of hydrazine groups is 1. The molecular formula is C24H32N8. The highest BCUT2D eigenvalue weighted by Gasteiger charge is 2.19. The van der Waals surface area contributed by atoms with E-state index in [2.05, 4.69) is 80.3 Å². The maximum absolute atomic E-state index is 4.96. The van der Waals surface area contributed by atoms with Gasteiger partial charge in [-0.2, -0.15) is 0 Å². The van der Waals surface area contributed by atoms with Crippen LogP contribution >= 0.6 is 0 Å². The summed E-state index contributed by atoms with van der Waals surface area (Å²) in [4.78, 5) is 7.24. The maximum atomic E-state index is 4.96. The van der Waals surface area contributed by atoms with Gasteiger partial charge in [0.1, 0.15) is 0 Å².